The predicted octanol–water partition coefficient (Wildman–Crippen LogP) is 3.35. The average molecular weight is 230 g/mol. The van der Waals surface area contributed by atoms with Crippen LogP contribution in [0.2, 0.25) is 0 Å². The molecule has 0 saturated carbocycles. The highest BCUT2D eigenvalue weighted by atomic mass is 32.1. The fraction of sp³-hybridized carbons (Fsp3) is 0.231. The van der Waals surface area contributed by atoms with E-state index in [0.29, 0.717) is 4.64 Å². The fourth-order valence-electron chi connectivity index (χ4n) is 1.63. The summed E-state index contributed by atoms with van der Waals surface area (Å²) in [6, 6.07) is 10.3. The highest BCUT2D eigenvalue weighted by Crippen LogP contribution is 2.08. The standard InChI is InChI=1S/C13H14N2S/c1-9-3-5-11(6-4-9)8-12-14-10(2)7-13(16)15-12/h3-7H,8H2,1-2H3,(H,14,15,16). The van der Waals surface area contributed by atoms with Gasteiger partial charge in [-0.05, 0) is 25.5 Å². The molecular weight excluding hydrogens is 216 g/mol. The van der Waals surface area contributed by atoms with Crippen LogP contribution in [0.4, 0.5) is 0 Å². The van der Waals surface area contributed by atoms with Crippen molar-refractivity contribution in [1.29, 1.82) is 0 Å². The van der Waals surface area contributed by atoms with Gasteiger partial charge in [0.15, 0.2) is 0 Å². The maximum atomic E-state index is 5.09. The fourth-order valence-corrected chi connectivity index (χ4v) is 1.91. The molecule has 3 heteroatoms. The lowest BCUT2D eigenvalue weighted by Gasteiger charge is -2.03. The Bertz CT molecular complexity index is 541. The summed E-state index contributed by atoms with van der Waals surface area (Å²) in [5.74, 6) is 0.925. The second kappa shape index (κ2) is 4.58. The molecule has 2 nitrogen and oxygen atoms in total. The molecule has 1 aromatic heterocycles. The molecule has 1 N–H and O–H groups in total. The first-order valence-electron chi connectivity index (χ1n) is 5.26. The van der Waals surface area contributed by atoms with E-state index in [1.54, 1.807) is 0 Å². The molecule has 2 aromatic rings. The van der Waals surface area contributed by atoms with Gasteiger partial charge in [0.2, 0.25) is 0 Å². The molecule has 0 spiro atoms. The van der Waals surface area contributed by atoms with Crippen LogP contribution in [0.25, 0.3) is 0 Å². The molecule has 0 bridgehead atoms. The number of nitrogens with zero attached hydrogens (tertiary/aromatic N) is 1. The zero-order valence-corrected chi connectivity index (χ0v) is 10.3. The van der Waals surface area contributed by atoms with Crippen molar-refractivity contribution >= 4 is 12.2 Å². The minimum atomic E-state index is 0.651. The van der Waals surface area contributed by atoms with E-state index in [4.69, 9.17) is 12.2 Å². The molecule has 0 atom stereocenters. The number of benzene rings is 1. The summed E-state index contributed by atoms with van der Waals surface area (Å²) in [7, 11) is 0. The van der Waals surface area contributed by atoms with E-state index < -0.39 is 0 Å². The molecular formula is C13H14N2S. The average Bonchev–Trinajstić information content (AvgIpc) is 2.20. The van der Waals surface area contributed by atoms with Gasteiger partial charge in [-0.25, -0.2) is 4.98 Å². The molecule has 0 aliphatic carbocycles. The summed E-state index contributed by atoms with van der Waals surface area (Å²) in [6.07, 6.45) is 0.797. The zero-order valence-electron chi connectivity index (χ0n) is 9.45. The van der Waals surface area contributed by atoms with Gasteiger partial charge in [0.1, 0.15) is 10.5 Å². The third kappa shape index (κ3) is 2.76. The second-order valence-electron chi connectivity index (χ2n) is 4.01. The summed E-state index contributed by atoms with van der Waals surface area (Å²) < 4.78 is 0.651. The largest absolute Gasteiger partial charge is 0.347 e. The van der Waals surface area contributed by atoms with E-state index in [1.165, 1.54) is 11.1 Å². The smallest absolute Gasteiger partial charge is 0.129 e. The maximum absolute atomic E-state index is 5.09. The van der Waals surface area contributed by atoms with Crippen molar-refractivity contribution in [2.24, 2.45) is 0 Å². The van der Waals surface area contributed by atoms with Crippen LogP contribution in [-0.2, 0) is 6.42 Å². The van der Waals surface area contributed by atoms with E-state index in [-0.39, 0.29) is 0 Å². The molecule has 0 unspecified atom stereocenters. The van der Waals surface area contributed by atoms with Gasteiger partial charge in [-0.1, -0.05) is 42.0 Å². The number of aromatic amines is 1. The van der Waals surface area contributed by atoms with Crippen LogP contribution in [0.5, 0.6) is 0 Å². The second-order valence-corrected chi connectivity index (χ2v) is 4.43. The Morgan fingerprint density at radius 2 is 1.88 bits per heavy atom. The lowest BCUT2D eigenvalue weighted by atomic mass is 10.1. The Labute approximate surface area is 100 Å². The first kappa shape index (κ1) is 11.0. The van der Waals surface area contributed by atoms with E-state index in [0.717, 1.165) is 17.9 Å². The monoisotopic (exact) mass is 230 g/mol. The van der Waals surface area contributed by atoms with Crippen LogP contribution in [0.3, 0.4) is 0 Å². The van der Waals surface area contributed by atoms with E-state index in [9.17, 15) is 0 Å². The molecule has 0 aliphatic heterocycles. The molecule has 1 heterocycles. The summed E-state index contributed by atoms with van der Waals surface area (Å²) >= 11 is 5.09. The SMILES string of the molecule is Cc1ccc(Cc2nc(=S)cc(C)[nH]2)cc1. The summed E-state index contributed by atoms with van der Waals surface area (Å²) in [5.41, 5.74) is 3.57. The molecule has 82 valence electrons. The summed E-state index contributed by atoms with van der Waals surface area (Å²) in [4.78, 5) is 7.54. The van der Waals surface area contributed by atoms with E-state index in [2.05, 4.69) is 41.2 Å². The molecule has 0 saturated heterocycles. The van der Waals surface area contributed by atoms with E-state index >= 15 is 0 Å². The number of rotatable bonds is 2. The zero-order chi connectivity index (χ0) is 11.5. The van der Waals surface area contributed by atoms with Crippen molar-refractivity contribution in [1.82, 2.24) is 9.97 Å². The van der Waals surface area contributed by atoms with Gasteiger partial charge in [-0.2, -0.15) is 0 Å². The van der Waals surface area contributed by atoms with Crippen molar-refractivity contribution in [2.45, 2.75) is 20.3 Å². The summed E-state index contributed by atoms with van der Waals surface area (Å²) in [6.45, 7) is 4.08. The predicted molar refractivity (Wildman–Crippen MR) is 68.1 cm³/mol. The van der Waals surface area contributed by atoms with Crippen LogP contribution >= 0.6 is 12.2 Å². The Morgan fingerprint density at radius 3 is 2.50 bits per heavy atom. The molecule has 1 aromatic carbocycles. The van der Waals surface area contributed by atoms with Gasteiger partial charge in [0, 0.05) is 12.1 Å². The number of hydrogen-bond donors (Lipinski definition) is 1. The van der Waals surface area contributed by atoms with Crippen molar-refractivity contribution in [3.05, 3.63) is 57.6 Å². The van der Waals surface area contributed by atoms with Gasteiger partial charge in [-0.3, -0.25) is 0 Å². The van der Waals surface area contributed by atoms with Gasteiger partial charge in [-0.15, -0.1) is 0 Å². The Hall–Kier alpha value is -1.48. The van der Waals surface area contributed by atoms with Crippen molar-refractivity contribution in [3.63, 3.8) is 0 Å². The van der Waals surface area contributed by atoms with Crippen LogP contribution in [-0.4, -0.2) is 9.97 Å². The number of aromatic nitrogens is 2. The number of H-pyrrole nitrogens is 1. The molecule has 0 radical (unpaired) electrons. The molecule has 0 aliphatic rings. The summed E-state index contributed by atoms with van der Waals surface area (Å²) in [5, 5.41) is 0. The minimum absolute atomic E-state index is 0.651. The molecule has 0 amide bonds. The number of nitrogens with one attached hydrogen (secondary N) is 1. The first-order valence-corrected chi connectivity index (χ1v) is 5.67. The van der Waals surface area contributed by atoms with Gasteiger partial charge in [0.25, 0.3) is 0 Å². The maximum Gasteiger partial charge on any atom is 0.129 e. The Kier molecular flexibility index (Phi) is 3.15. The van der Waals surface area contributed by atoms with Crippen molar-refractivity contribution in [2.75, 3.05) is 0 Å². The van der Waals surface area contributed by atoms with Gasteiger partial charge in [0.05, 0.1) is 0 Å². The van der Waals surface area contributed by atoms with Gasteiger partial charge >= 0.3 is 0 Å². The minimum Gasteiger partial charge on any atom is -0.347 e. The lowest BCUT2D eigenvalue weighted by Crippen LogP contribution is -1.98. The van der Waals surface area contributed by atoms with Crippen LogP contribution in [0.1, 0.15) is 22.6 Å². The van der Waals surface area contributed by atoms with Crippen LogP contribution in [0.15, 0.2) is 30.3 Å². The normalized spacial score (nSPS) is 10.4. The third-order valence-corrected chi connectivity index (χ3v) is 2.63. The highest BCUT2D eigenvalue weighted by Gasteiger charge is 1.99. The quantitative estimate of drug-likeness (QED) is 0.801. The lowest BCUT2D eigenvalue weighted by molar-refractivity contribution is 0.934. The Balaban J connectivity index is 2.26. The van der Waals surface area contributed by atoms with Crippen molar-refractivity contribution in [3.8, 4) is 0 Å². The van der Waals surface area contributed by atoms with Crippen molar-refractivity contribution < 1.29 is 0 Å². The van der Waals surface area contributed by atoms with Crippen LogP contribution < -0.4 is 0 Å². The Morgan fingerprint density at radius 1 is 1.19 bits per heavy atom. The van der Waals surface area contributed by atoms with Gasteiger partial charge < -0.3 is 4.98 Å². The van der Waals surface area contributed by atoms with Crippen LogP contribution in [0, 0.1) is 18.5 Å². The van der Waals surface area contributed by atoms with E-state index in [1.807, 2.05) is 13.0 Å². The molecule has 0 fully saturated rings. The highest BCUT2D eigenvalue weighted by molar-refractivity contribution is 7.71. The molecule has 16 heavy (non-hydrogen) atoms. The topological polar surface area (TPSA) is 28.7 Å². The molecule has 2 rings (SSSR count). The number of aryl methyl sites for hydroxylation is 2. The third-order valence-electron chi connectivity index (χ3n) is 2.42. The first-order chi connectivity index (χ1) is 7.63. The number of hydrogen-bond acceptors (Lipinski definition) is 2.